The van der Waals surface area contributed by atoms with Gasteiger partial charge in [0.2, 0.25) is 0 Å². The van der Waals surface area contributed by atoms with Gasteiger partial charge in [-0.3, -0.25) is 4.79 Å². The van der Waals surface area contributed by atoms with Crippen LogP contribution in [0.15, 0.2) is 18.2 Å². The van der Waals surface area contributed by atoms with E-state index in [2.05, 4.69) is 21.2 Å². The molecule has 0 aliphatic heterocycles. The second-order valence-electron chi connectivity index (χ2n) is 5.28. The van der Waals surface area contributed by atoms with Crippen LogP contribution in [0.3, 0.4) is 0 Å². The molecule has 1 aromatic carbocycles. The second-order valence-corrected chi connectivity index (χ2v) is 6.33. The smallest absolute Gasteiger partial charge is 0.251 e. The third-order valence-electron chi connectivity index (χ3n) is 3.96. The van der Waals surface area contributed by atoms with E-state index >= 15 is 0 Å². The molecule has 0 spiro atoms. The molecule has 2 unspecified atom stereocenters. The van der Waals surface area contributed by atoms with Gasteiger partial charge < -0.3 is 5.32 Å². The van der Waals surface area contributed by atoms with Gasteiger partial charge in [-0.2, -0.15) is 0 Å². The Morgan fingerprint density at radius 3 is 2.84 bits per heavy atom. The molecule has 1 saturated carbocycles. The number of aryl methyl sites for hydroxylation is 1. The molecule has 1 amide bonds. The molecule has 104 valence electrons. The summed E-state index contributed by atoms with van der Waals surface area (Å²) in [7, 11) is 0. The Labute approximate surface area is 128 Å². The fraction of sp³-hybridized carbons (Fsp3) is 0.533. The molecule has 2 rings (SSSR count). The summed E-state index contributed by atoms with van der Waals surface area (Å²) < 4.78 is 0. The van der Waals surface area contributed by atoms with E-state index in [0.717, 1.165) is 17.4 Å². The van der Waals surface area contributed by atoms with Crippen molar-refractivity contribution in [1.82, 2.24) is 5.32 Å². The van der Waals surface area contributed by atoms with Crippen LogP contribution in [-0.2, 0) is 0 Å². The van der Waals surface area contributed by atoms with Gasteiger partial charge in [-0.05, 0) is 55.4 Å². The van der Waals surface area contributed by atoms with Crippen molar-refractivity contribution in [2.75, 3.05) is 11.9 Å². The molecule has 2 nitrogen and oxygen atoms in total. The number of amides is 1. The number of halogens is 2. The van der Waals surface area contributed by atoms with Gasteiger partial charge in [0.05, 0.1) is 0 Å². The van der Waals surface area contributed by atoms with Crippen molar-refractivity contribution < 1.29 is 4.79 Å². The summed E-state index contributed by atoms with van der Waals surface area (Å²) in [6, 6.07) is 5.40. The Morgan fingerprint density at radius 2 is 2.16 bits per heavy atom. The van der Waals surface area contributed by atoms with Crippen LogP contribution in [0.2, 0.25) is 5.02 Å². The molecule has 19 heavy (non-hydrogen) atoms. The van der Waals surface area contributed by atoms with Gasteiger partial charge in [-0.1, -0.05) is 34.0 Å². The highest BCUT2D eigenvalue weighted by Crippen LogP contribution is 2.32. The molecule has 1 N–H and O–H groups in total. The normalized spacial score (nSPS) is 22.5. The molecule has 0 bridgehead atoms. The molecular weight excluding hydrogens is 326 g/mol. The van der Waals surface area contributed by atoms with Crippen molar-refractivity contribution in [2.24, 2.45) is 11.8 Å². The van der Waals surface area contributed by atoms with Crippen LogP contribution in [-0.4, -0.2) is 17.8 Å². The zero-order chi connectivity index (χ0) is 13.8. The number of hydrogen-bond acceptors (Lipinski definition) is 1. The lowest BCUT2D eigenvalue weighted by molar-refractivity contribution is 0.0944. The molecule has 2 atom stereocenters. The van der Waals surface area contributed by atoms with Gasteiger partial charge in [-0.25, -0.2) is 0 Å². The first-order valence-corrected chi connectivity index (χ1v) is 8.22. The molecular formula is C15H19BrClNO. The van der Waals surface area contributed by atoms with Crippen molar-refractivity contribution in [2.45, 2.75) is 26.2 Å². The standard InChI is InChI=1S/C15H19BrClNO/c1-10-7-11(5-6-14(10)17)15(19)18-9-13-4-2-3-12(13)8-16/h5-7,12-13H,2-4,8-9H2,1H3,(H,18,19). The summed E-state index contributed by atoms with van der Waals surface area (Å²) in [5, 5.41) is 4.78. The number of alkyl halides is 1. The van der Waals surface area contributed by atoms with E-state index in [9.17, 15) is 4.79 Å². The molecule has 1 aliphatic carbocycles. The number of carbonyl (C=O) groups is 1. The van der Waals surface area contributed by atoms with E-state index in [4.69, 9.17) is 11.6 Å². The minimum atomic E-state index is -0.0000101. The zero-order valence-electron chi connectivity index (χ0n) is 11.1. The van der Waals surface area contributed by atoms with Crippen LogP contribution < -0.4 is 5.32 Å². The summed E-state index contributed by atoms with van der Waals surface area (Å²) >= 11 is 9.53. The van der Waals surface area contributed by atoms with Crippen molar-refractivity contribution in [1.29, 1.82) is 0 Å². The predicted octanol–water partition coefficient (Wildman–Crippen LogP) is 4.19. The highest BCUT2D eigenvalue weighted by molar-refractivity contribution is 9.09. The SMILES string of the molecule is Cc1cc(C(=O)NCC2CCCC2CBr)ccc1Cl. The Morgan fingerprint density at radius 1 is 1.42 bits per heavy atom. The minimum Gasteiger partial charge on any atom is -0.352 e. The van der Waals surface area contributed by atoms with E-state index in [0.29, 0.717) is 22.4 Å². The van der Waals surface area contributed by atoms with Gasteiger partial charge >= 0.3 is 0 Å². The first-order valence-electron chi connectivity index (χ1n) is 6.72. The maximum atomic E-state index is 12.1. The molecule has 0 saturated heterocycles. The zero-order valence-corrected chi connectivity index (χ0v) is 13.4. The van der Waals surface area contributed by atoms with E-state index in [1.165, 1.54) is 19.3 Å². The molecule has 1 aromatic rings. The van der Waals surface area contributed by atoms with Gasteiger partial charge in [0.15, 0.2) is 0 Å². The number of carbonyl (C=O) groups excluding carboxylic acids is 1. The second kappa shape index (κ2) is 6.76. The highest BCUT2D eigenvalue weighted by Gasteiger charge is 2.26. The average Bonchev–Trinajstić information content (AvgIpc) is 2.86. The monoisotopic (exact) mass is 343 g/mol. The molecule has 1 aliphatic rings. The van der Waals surface area contributed by atoms with Gasteiger partial charge in [0.25, 0.3) is 5.91 Å². The molecule has 0 heterocycles. The van der Waals surface area contributed by atoms with E-state index in [1.807, 2.05) is 13.0 Å². The van der Waals surface area contributed by atoms with E-state index in [1.54, 1.807) is 12.1 Å². The van der Waals surface area contributed by atoms with Crippen LogP contribution >= 0.6 is 27.5 Å². The Balaban J connectivity index is 1.92. The lowest BCUT2D eigenvalue weighted by Crippen LogP contribution is -2.31. The molecule has 0 radical (unpaired) electrons. The summed E-state index contributed by atoms with van der Waals surface area (Å²) in [5.74, 6) is 1.31. The third-order valence-corrected chi connectivity index (χ3v) is 5.22. The number of benzene rings is 1. The average molecular weight is 345 g/mol. The van der Waals surface area contributed by atoms with Crippen LogP contribution in [0.25, 0.3) is 0 Å². The van der Waals surface area contributed by atoms with Crippen LogP contribution in [0.1, 0.15) is 35.2 Å². The van der Waals surface area contributed by atoms with Crippen molar-refractivity contribution in [3.05, 3.63) is 34.3 Å². The Hall–Kier alpha value is -0.540. The van der Waals surface area contributed by atoms with Gasteiger partial charge in [-0.15, -0.1) is 0 Å². The number of nitrogens with one attached hydrogen (secondary N) is 1. The van der Waals surface area contributed by atoms with E-state index < -0.39 is 0 Å². The van der Waals surface area contributed by atoms with Crippen molar-refractivity contribution in [3.8, 4) is 0 Å². The topological polar surface area (TPSA) is 29.1 Å². The summed E-state index contributed by atoms with van der Waals surface area (Å²) in [5.41, 5.74) is 1.63. The largest absolute Gasteiger partial charge is 0.352 e. The minimum absolute atomic E-state index is 0.0000101. The summed E-state index contributed by atoms with van der Waals surface area (Å²) in [6.07, 6.45) is 3.76. The Bertz CT molecular complexity index is 463. The van der Waals surface area contributed by atoms with Crippen LogP contribution in [0.4, 0.5) is 0 Å². The number of rotatable bonds is 4. The predicted molar refractivity (Wildman–Crippen MR) is 83.1 cm³/mol. The maximum absolute atomic E-state index is 12.1. The van der Waals surface area contributed by atoms with Crippen molar-refractivity contribution >= 4 is 33.4 Å². The highest BCUT2D eigenvalue weighted by atomic mass is 79.9. The first-order chi connectivity index (χ1) is 9.11. The fourth-order valence-corrected chi connectivity index (χ4v) is 3.67. The summed E-state index contributed by atoms with van der Waals surface area (Å²) in [6.45, 7) is 2.69. The maximum Gasteiger partial charge on any atom is 0.251 e. The number of hydrogen-bond donors (Lipinski definition) is 1. The van der Waals surface area contributed by atoms with Crippen molar-refractivity contribution in [3.63, 3.8) is 0 Å². The lowest BCUT2D eigenvalue weighted by Gasteiger charge is -2.17. The Kier molecular flexibility index (Phi) is 5.28. The fourth-order valence-electron chi connectivity index (χ4n) is 2.70. The van der Waals surface area contributed by atoms with Crippen LogP contribution in [0, 0.1) is 18.8 Å². The quantitative estimate of drug-likeness (QED) is 0.815. The third kappa shape index (κ3) is 3.73. The molecule has 0 aromatic heterocycles. The summed E-state index contributed by atoms with van der Waals surface area (Å²) in [4.78, 5) is 12.1. The van der Waals surface area contributed by atoms with Gasteiger partial charge in [0, 0.05) is 22.5 Å². The van der Waals surface area contributed by atoms with Crippen LogP contribution in [0.5, 0.6) is 0 Å². The van der Waals surface area contributed by atoms with E-state index in [-0.39, 0.29) is 5.91 Å². The first kappa shape index (κ1) is 14.9. The lowest BCUT2D eigenvalue weighted by atomic mass is 9.98. The molecule has 4 heteroatoms. The molecule has 1 fully saturated rings. The van der Waals surface area contributed by atoms with Gasteiger partial charge in [0.1, 0.15) is 0 Å².